The molecule has 1 rings (SSSR count). The van der Waals surface area contributed by atoms with Gasteiger partial charge in [-0.1, -0.05) is 18.2 Å². The zero-order chi connectivity index (χ0) is 14.7. The maximum Gasteiger partial charge on any atom is 0.433 e. The van der Waals surface area contributed by atoms with Gasteiger partial charge in [-0.3, -0.25) is 5.32 Å². The monoisotopic (exact) mass is 303 g/mol. The third-order valence-electron chi connectivity index (χ3n) is 1.84. The smallest absolute Gasteiger partial charge is 0.428 e. The molecule has 1 aromatic rings. The molecule has 1 amide bonds. The van der Waals surface area contributed by atoms with Gasteiger partial charge in [0, 0.05) is 5.69 Å². The molecule has 0 aromatic heterocycles. The minimum absolute atomic E-state index is 0.0892. The number of alkyl halides is 6. The lowest BCUT2D eigenvalue weighted by molar-refractivity contribution is -0.245. The van der Waals surface area contributed by atoms with Crippen LogP contribution in [0.2, 0.25) is 0 Å². The van der Waals surface area contributed by atoms with Crippen molar-refractivity contribution in [3.05, 3.63) is 30.3 Å². The van der Waals surface area contributed by atoms with E-state index in [2.05, 4.69) is 16.3 Å². The minimum atomic E-state index is -5.49. The standard InChI is InChI=1S/C10H7ClF5NO2/c11-9(12,13)7(10(14,15)16)19-8(18)17-6-4-2-1-3-5-6/h1-5,7H,(H,17,18)/t7-/m0/s1. The Bertz CT molecular complexity index is 418. The maximum absolute atomic E-state index is 12.5. The van der Waals surface area contributed by atoms with E-state index in [0.717, 1.165) is 0 Å². The number of hydrogen-bond acceptors (Lipinski definition) is 2. The molecule has 0 aliphatic heterocycles. The van der Waals surface area contributed by atoms with Crippen molar-refractivity contribution < 1.29 is 31.5 Å². The number of halogens is 6. The van der Waals surface area contributed by atoms with Crippen LogP contribution in [-0.4, -0.2) is 23.8 Å². The summed E-state index contributed by atoms with van der Waals surface area (Å²) in [5.74, 6) is 0. The molecular formula is C10H7ClF5NO2. The van der Waals surface area contributed by atoms with E-state index >= 15 is 0 Å². The maximum atomic E-state index is 12.5. The van der Waals surface area contributed by atoms with Crippen LogP contribution in [-0.2, 0) is 4.74 Å². The minimum Gasteiger partial charge on any atom is -0.428 e. The molecule has 0 saturated heterocycles. The number of amides is 1. The van der Waals surface area contributed by atoms with Crippen LogP contribution in [0, 0.1) is 0 Å². The van der Waals surface area contributed by atoms with E-state index in [-0.39, 0.29) is 5.69 Å². The topological polar surface area (TPSA) is 38.3 Å². The number of carbonyl (C=O) groups excluding carboxylic acids is 1. The summed E-state index contributed by atoms with van der Waals surface area (Å²) >= 11 is 4.27. The summed E-state index contributed by atoms with van der Waals surface area (Å²) in [4.78, 5) is 11.1. The third-order valence-corrected chi connectivity index (χ3v) is 2.04. The predicted octanol–water partition coefficient (Wildman–Crippen LogP) is 4.00. The average Bonchev–Trinajstić information content (AvgIpc) is 2.24. The fourth-order valence-electron chi connectivity index (χ4n) is 1.10. The SMILES string of the molecule is O=C(Nc1ccccc1)O[C@H](C(F)(F)F)C(F)(F)Cl. The quantitative estimate of drug-likeness (QED) is 0.677. The van der Waals surface area contributed by atoms with Gasteiger partial charge in [-0.2, -0.15) is 22.0 Å². The van der Waals surface area contributed by atoms with Crippen molar-refractivity contribution >= 4 is 23.4 Å². The first-order valence-electron chi connectivity index (χ1n) is 4.77. The van der Waals surface area contributed by atoms with Crippen LogP contribution in [0.4, 0.5) is 32.4 Å². The molecule has 0 unspecified atom stereocenters. The second-order valence-electron chi connectivity index (χ2n) is 3.36. The summed E-state index contributed by atoms with van der Waals surface area (Å²) in [5.41, 5.74) is 0.0892. The van der Waals surface area contributed by atoms with E-state index in [9.17, 15) is 26.7 Å². The number of ether oxygens (including phenoxy) is 1. The Kier molecular flexibility index (Phi) is 4.56. The molecule has 1 aromatic carbocycles. The third kappa shape index (κ3) is 4.90. The van der Waals surface area contributed by atoms with Crippen LogP contribution >= 0.6 is 11.6 Å². The number of anilines is 1. The van der Waals surface area contributed by atoms with Gasteiger partial charge in [0.2, 0.25) is 0 Å². The van der Waals surface area contributed by atoms with E-state index in [1.807, 2.05) is 5.32 Å². The van der Waals surface area contributed by atoms with Gasteiger partial charge in [-0.05, 0) is 23.7 Å². The second kappa shape index (κ2) is 5.60. The lowest BCUT2D eigenvalue weighted by Gasteiger charge is -2.23. The van der Waals surface area contributed by atoms with Gasteiger partial charge in [0.25, 0.3) is 6.10 Å². The number of nitrogens with one attached hydrogen (secondary N) is 1. The number of hydrogen-bond donors (Lipinski definition) is 1. The van der Waals surface area contributed by atoms with Gasteiger partial charge in [0.1, 0.15) is 0 Å². The Morgan fingerprint density at radius 1 is 1.16 bits per heavy atom. The molecule has 19 heavy (non-hydrogen) atoms. The average molecular weight is 304 g/mol. The molecule has 0 saturated carbocycles. The van der Waals surface area contributed by atoms with E-state index in [4.69, 9.17) is 0 Å². The molecule has 0 aliphatic carbocycles. The predicted molar refractivity (Wildman–Crippen MR) is 57.2 cm³/mol. The molecule has 0 radical (unpaired) electrons. The summed E-state index contributed by atoms with van der Waals surface area (Å²) in [5, 5.41) is -2.89. The van der Waals surface area contributed by atoms with Crippen LogP contribution in [0.5, 0.6) is 0 Å². The Hall–Kier alpha value is -1.57. The highest BCUT2D eigenvalue weighted by molar-refractivity contribution is 6.22. The van der Waals surface area contributed by atoms with Crippen LogP contribution in [0.3, 0.4) is 0 Å². The summed E-state index contributed by atoms with van der Waals surface area (Å²) in [7, 11) is 0. The highest BCUT2D eigenvalue weighted by atomic mass is 35.5. The Morgan fingerprint density at radius 2 is 1.68 bits per heavy atom. The number of carbonyl (C=O) groups is 1. The van der Waals surface area contributed by atoms with Crippen molar-refractivity contribution in [3.8, 4) is 0 Å². The molecule has 0 bridgehead atoms. The van der Waals surface area contributed by atoms with E-state index in [1.165, 1.54) is 24.3 Å². The lowest BCUT2D eigenvalue weighted by Crippen LogP contribution is -2.45. The van der Waals surface area contributed by atoms with Crippen molar-refractivity contribution in [3.63, 3.8) is 0 Å². The fourth-order valence-corrected chi connectivity index (χ4v) is 1.26. The van der Waals surface area contributed by atoms with Gasteiger partial charge in [-0.25, -0.2) is 4.79 Å². The normalized spacial score (nSPS) is 13.8. The van der Waals surface area contributed by atoms with E-state index in [0.29, 0.717) is 0 Å². The van der Waals surface area contributed by atoms with Crippen molar-refractivity contribution in [1.29, 1.82) is 0 Å². The van der Waals surface area contributed by atoms with Crippen molar-refractivity contribution in [1.82, 2.24) is 0 Å². The molecule has 0 fully saturated rings. The van der Waals surface area contributed by atoms with Gasteiger partial charge >= 0.3 is 17.7 Å². The summed E-state index contributed by atoms with van der Waals surface area (Å²) in [6, 6.07) is 7.22. The number of rotatable bonds is 3. The van der Waals surface area contributed by atoms with Gasteiger partial charge in [0.05, 0.1) is 0 Å². The zero-order valence-electron chi connectivity index (χ0n) is 9.05. The zero-order valence-corrected chi connectivity index (χ0v) is 9.80. The molecule has 0 spiro atoms. The summed E-state index contributed by atoms with van der Waals surface area (Å²) in [6.45, 7) is 0. The van der Waals surface area contributed by atoms with Gasteiger partial charge in [0.15, 0.2) is 0 Å². The van der Waals surface area contributed by atoms with Gasteiger partial charge in [-0.15, -0.1) is 0 Å². The molecule has 1 atom stereocenters. The molecule has 106 valence electrons. The first-order valence-corrected chi connectivity index (χ1v) is 5.14. The molecular weight excluding hydrogens is 297 g/mol. The Labute approximate surface area is 109 Å². The van der Waals surface area contributed by atoms with Crippen molar-refractivity contribution in [2.45, 2.75) is 17.7 Å². The fraction of sp³-hybridized carbons (Fsp3) is 0.300. The molecule has 1 N–H and O–H groups in total. The lowest BCUT2D eigenvalue weighted by atomic mass is 10.3. The first kappa shape index (κ1) is 15.5. The second-order valence-corrected chi connectivity index (χ2v) is 3.86. The summed E-state index contributed by atoms with van der Waals surface area (Å²) in [6.07, 6.45) is -10.9. The molecule has 0 heterocycles. The molecule has 9 heteroatoms. The highest BCUT2D eigenvalue weighted by Gasteiger charge is 2.58. The number of para-hydroxylation sites is 1. The highest BCUT2D eigenvalue weighted by Crippen LogP contribution is 2.37. The van der Waals surface area contributed by atoms with Crippen molar-refractivity contribution in [2.75, 3.05) is 5.32 Å². The van der Waals surface area contributed by atoms with Crippen molar-refractivity contribution in [2.24, 2.45) is 0 Å². The Morgan fingerprint density at radius 3 is 2.11 bits per heavy atom. The molecule has 3 nitrogen and oxygen atoms in total. The summed E-state index contributed by atoms with van der Waals surface area (Å²) < 4.78 is 65.4. The Balaban J connectivity index is 2.73. The van der Waals surface area contributed by atoms with Crippen LogP contribution in [0.15, 0.2) is 30.3 Å². The first-order chi connectivity index (χ1) is 8.60. The molecule has 0 aliphatic rings. The van der Waals surface area contributed by atoms with E-state index < -0.39 is 23.8 Å². The van der Waals surface area contributed by atoms with E-state index in [1.54, 1.807) is 6.07 Å². The largest absolute Gasteiger partial charge is 0.433 e. The van der Waals surface area contributed by atoms with Gasteiger partial charge < -0.3 is 4.74 Å². The van der Waals surface area contributed by atoms with Crippen LogP contribution < -0.4 is 5.32 Å². The van der Waals surface area contributed by atoms with Crippen LogP contribution in [0.1, 0.15) is 0 Å². The van der Waals surface area contributed by atoms with Crippen LogP contribution in [0.25, 0.3) is 0 Å². The number of benzene rings is 1.